The Morgan fingerprint density at radius 1 is 1.07 bits per heavy atom. The molecule has 0 spiro atoms. The minimum Gasteiger partial charge on any atom is -0.462 e. The number of ether oxygens (including phenoxy) is 3. The molecule has 228 valence electrons. The van der Waals surface area contributed by atoms with E-state index >= 15 is 0 Å². The summed E-state index contributed by atoms with van der Waals surface area (Å²) in [6.07, 6.45) is -10.2. The first-order chi connectivity index (χ1) is 18.4. The van der Waals surface area contributed by atoms with Crippen LogP contribution in [0.25, 0.3) is 0 Å². The SMILES string of the molecule is CC(C)OC(=O)[C@H](C)NP(=O)(N[C@H](C)C(=O)OC(C)C)OC[C@]1(C(F)F)O[C@H](n2ccc(=O)[nH]c2=O)[C@H](O)[C@H]1O. The molecule has 5 N–H and O–H groups in total. The van der Waals surface area contributed by atoms with Crippen LogP contribution in [0.15, 0.2) is 21.9 Å². The predicted molar refractivity (Wildman–Crippen MR) is 133 cm³/mol. The molecule has 7 atom stereocenters. The number of hydrogen-bond acceptors (Lipinski definition) is 11. The standard InChI is InChI=1S/C22H35F2N4O11P/c1-10(2)37-18(32)12(5)26-40(35,27-13(6)19(33)38-11(3)4)36-9-22(20(23)24)16(31)15(30)17(39-22)28-8-7-14(29)25-21(28)34/h7-8,10-13,15-17,20,30-31H,9H2,1-6H3,(H,25,29,34)(H2,26,27,35)/t12-,13+,15-,16-,17+,22+,40?/m1/s1. The Labute approximate surface area is 227 Å². The molecule has 2 rings (SSSR count). The van der Waals surface area contributed by atoms with E-state index in [-0.39, 0.29) is 0 Å². The van der Waals surface area contributed by atoms with Crippen molar-refractivity contribution in [3.63, 3.8) is 0 Å². The zero-order valence-electron chi connectivity index (χ0n) is 22.7. The van der Waals surface area contributed by atoms with E-state index in [0.717, 1.165) is 12.3 Å². The summed E-state index contributed by atoms with van der Waals surface area (Å²) in [4.78, 5) is 50.0. The number of aromatic nitrogens is 2. The summed E-state index contributed by atoms with van der Waals surface area (Å²) in [6.45, 7) is 7.35. The minimum absolute atomic E-state index is 0.552. The third kappa shape index (κ3) is 8.02. The number of H-pyrrole nitrogens is 1. The number of aliphatic hydroxyl groups is 2. The van der Waals surface area contributed by atoms with Crippen LogP contribution in [0.1, 0.15) is 47.8 Å². The summed E-state index contributed by atoms with van der Waals surface area (Å²) in [6, 6.07) is -1.83. The lowest BCUT2D eigenvalue weighted by atomic mass is 9.96. The highest BCUT2D eigenvalue weighted by Gasteiger charge is 2.61. The van der Waals surface area contributed by atoms with Crippen molar-refractivity contribution >= 4 is 19.6 Å². The van der Waals surface area contributed by atoms with E-state index in [2.05, 4.69) is 10.2 Å². The van der Waals surface area contributed by atoms with Gasteiger partial charge in [0.15, 0.2) is 11.8 Å². The molecule has 0 amide bonds. The highest BCUT2D eigenvalue weighted by Crippen LogP contribution is 2.46. The number of esters is 2. The second-order valence-corrected chi connectivity index (χ2v) is 11.6. The number of carbonyl (C=O) groups is 2. The average molecular weight is 601 g/mol. The monoisotopic (exact) mass is 600 g/mol. The number of rotatable bonds is 13. The molecular formula is C22H35F2N4O11P. The maximum absolute atomic E-state index is 14.4. The normalized spacial score (nSPS) is 26.1. The third-order valence-corrected chi connectivity index (χ3v) is 7.51. The van der Waals surface area contributed by atoms with E-state index < -0.39 is 92.2 Å². The Kier molecular flexibility index (Phi) is 11.3. The minimum atomic E-state index is -4.64. The van der Waals surface area contributed by atoms with Crippen molar-refractivity contribution in [2.45, 2.75) is 96.3 Å². The topological polar surface area (TPSA) is 208 Å². The number of aromatic amines is 1. The Morgan fingerprint density at radius 2 is 1.57 bits per heavy atom. The predicted octanol–water partition coefficient (Wildman–Crippen LogP) is -0.225. The Hall–Kier alpha value is -2.53. The number of hydrogen-bond donors (Lipinski definition) is 5. The number of nitrogens with one attached hydrogen (secondary N) is 3. The summed E-state index contributed by atoms with van der Waals surface area (Å²) in [5, 5.41) is 25.7. The van der Waals surface area contributed by atoms with Crippen molar-refractivity contribution in [1.82, 2.24) is 19.7 Å². The van der Waals surface area contributed by atoms with Gasteiger partial charge in [-0.1, -0.05) is 0 Å². The van der Waals surface area contributed by atoms with Crippen molar-refractivity contribution in [3.05, 3.63) is 33.1 Å². The number of aliphatic hydroxyl groups excluding tert-OH is 2. The molecule has 1 saturated heterocycles. The maximum Gasteiger partial charge on any atom is 0.342 e. The molecule has 1 unspecified atom stereocenters. The fourth-order valence-electron chi connectivity index (χ4n) is 3.61. The highest BCUT2D eigenvalue weighted by molar-refractivity contribution is 7.54. The first kappa shape index (κ1) is 33.7. The van der Waals surface area contributed by atoms with Gasteiger partial charge in [0.2, 0.25) is 0 Å². The van der Waals surface area contributed by atoms with Gasteiger partial charge < -0.3 is 28.9 Å². The van der Waals surface area contributed by atoms with Crippen LogP contribution in [-0.2, 0) is 32.9 Å². The fourth-order valence-corrected chi connectivity index (χ4v) is 5.45. The molecule has 0 aromatic carbocycles. The third-order valence-electron chi connectivity index (χ3n) is 5.56. The molecule has 1 aromatic rings. The summed E-state index contributed by atoms with van der Waals surface area (Å²) in [5.41, 5.74) is -4.99. The lowest BCUT2D eigenvalue weighted by Gasteiger charge is -2.33. The van der Waals surface area contributed by atoms with E-state index in [1.54, 1.807) is 27.7 Å². The van der Waals surface area contributed by atoms with Crippen molar-refractivity contribution in [2.75, 3.05) is 6.61 Å². The van der Waals surface area contributed by atoms with Crippen LogP contribution in [0.4, 0.5) is 8.78 Å². The summed E-state index contributed by atoms with van der Waals surface area (Å²) >= 11 is 0. The van der Waals surface area contributed by atoms with Gasteiger partial charge in [-0.05, 0) is 41.5 Å². The molecule has 1 fully saturated rings. The Morgan fingerprint density at radius 3 is 2.00 bits per heavy atom. The number of alkyl halides is 2. The average Bonchev–Trinajstić information content (AvgIpc) is 3.08. The van der Waals surface area contributed by atoms with Crippen molar-refractivity contribution in [3.8, 4) is 0 Å². The van der Waals surface area contributed by atoms with E-state index in [1.807, 2.05) is 4.98 Å². The van der Waals surface area contributed by atoms with E-state index in [4.69, 9.17) is 18.7 Å². The summed E-state index contributed by atoms with van der Waals surface area (Å²) in [5.74, 6) is -1.77. The molecule has 0 radical (unpaired) electrons. The van der Waals surface area contributed by atoms with E-state index in [0.29, 0.717) is 4.57 Å². The van der Waals surface area contributed by atoms with Crippen molar-refractivity contribution in [2.24, 2.45) is 0 Å². The van der Waals surface area contributed by atoms with Gasteiger partial charge in [0.25, 0.3) is 12.0 Å². The van der Waals surface area contributed by atoms with Gasteiger partial charge in [0.05, 0.1) is 18.8 Å². The van der Waals surface area contributed by atoms with E-state index in [9.17, 15) is 42.7 Å². The second-order valence-electron chi connectivity index (χ2n) is 9.71. The van der Waals surface area contributed by atoms with Crippen LogP contribution < -0.4 is 21.4 Å². The quantitative estimate of drug-likeness (QED) is 0.147. The van der Waals surface area contributed by atoms with Gasteiger partial charge in [-0.2, -0.15) is 0 Å². The van der Waals surface area contributed by atoms with Crippen LogP contribution in [0.3, 0.4) is 0 Å². The van der Waals surface area contributed by atoms with Gasteiger partial charge >= 0.3 is 25.3 Å². The van der Waals surface area contributed by atoms with Crippen LogP contribution in [-0.4, -0.2) is 86.8 Å². The number of carbonyl (C=O) groups excluding carboxylic acids is 2. The molecule has 15 nitrogen and oxygen atoms in total. The first-order valence-electron chi connectivity index (χ1n) is 12.3. The Balaban J connectivity index is 2.39. The van der Waals surface area contributed by atoms with Gasteiger partial charge in [-0.3, -0.25) is 28.5 Å². The Bertz CT molecular complexity index is 1180. The van der Waals surface area contributed by atoms with Crippen LogP contribution in [0.5, 0.6) is 0 Å². The van der Waals surface area contributed by atoms with E-state index in [1.165, 1.54) is 13.8 Å². The fraction of sp³-hybridized carbons (Fsp3) is 0.727. The summed E-state index contributed by atoms with van der Waals surface area (Å²) in [7, 11) is -4.64. The molecule has 2 heterocycles. The van der Waals surface area contributed by atoms with Gasteiger partial charge in [0.1, 0.15) is 24.3 Å². The zero-order chi connectivity index (χ0) is 30.6. The van der Waals surface area contributed by atoms with Crippen molar-refractivity contribution < 1.29 is 51.9 Å². The van der Waals surface area contributed by atoms with Crippen molar-refractivity contribution in [1.29, 1.82) is 0 Å². The zero-order valence-corrected chi connectivity index (χ0v) is 23.6. The highest BCUT2D eigenvalue weighted by atomic mass is 31.2. The molecule has 1 aliphatic heterocycles. The number of halogens is 2. The molecular weight excluding hydrogens is 565 g/mol. The largest absolute Gasteiger partial charge is 0.462 e. The molecule has 0 aliphatic carbocycles. The van der Waals surface area contributed by atoms with Crippen LogP contribution >= 0.6 is 7.67 Å². The number of nitrogens with zero attached hydrogens (tertiary/aromatic N) is 1. The molecule has 0 bridgehead atoms. The second kappa shape index (κ2) is 13.4. The molecule has 1 aliphatic rings. The lowest BCUT2D eigenvalue weighted by Crippen LogP contribution is -2.53. The van der Waals surface area contributed by atoms with Gasteiger partial charge in [-0.15, -0.1) is 0 Å². The van der Waals surface area contributed by atoms with Gasteiger partial charge in [0, 0.05) is 12.3 Å². The molecule has 0 saturated carbocycles. The molecule has 18 heteroatoms. The smallest absolute Gasteiger partial charge is 0.342 e. The first-order valence-corrected chi connectivity index (χ1v) is 13.9. The lowest BCUT2D eigenvalue weighted by molar-refractivity contribution is -0.192. The maximum atomic E-state index is 14.4. The molecule has 40 heavy (non-hydrogen) atoms. The van der Waals surface area contributed by atoms with Gasteiger partial charge in [-0.25, -0.2) is 23.7 Å². The summed E-state index contributed by atoms with van der Waals surface area (Å²) < 4.78 is 63.8. The van der Waals surface area contributed by atoms with Crippen LogP contribution in [0, 0.1) is 0 Å². The molecule has 1 aromatic heterocycles. The van der Waals surface area contributed by atoms with Crippen LogP contribution in [0.2, 0.25) is 0 Å².